The highest BCUT2D eigenvalue weighted by Crippen LogP contribution is 2.36. The van der Waals surface area contributed by atoms with Gasteiger partial charge >= 0.3 is 0 Å². The van der Waals surface area contributed by atoms with Crippen LogP contribution in [0, 0.1) is 0 Å². The maximum Gasteiger partial charge on any atom is 0.264 e. The first-order chi connectivity index (χ1) is 22.9. The summed E-state index contributed by atoms with van der Waals surface area (Å²) in [6, 6.07) is 28.4. The summed E-state index contributed by atoms with van der Waals surface area (Å²) in [4.78, 5) is 30.2. The van der Waals surface area contributed by atoms with Gasteiger partial charge < -0.3 is 24.4 Å². The van der Waals surface area contributed by atoms with Crippen LogP contribution in [-0.2, 0) is 32.6 Å². The van der Waals surface area contributed by atoms with Crippen molar-refractivity contribution in [3.05, 3.63) is 114 Å². The molecule has 1 atom stereocenters. The normalized spacial score (nSPS) is 13.2. The first-order valence-electron chi connectivity index (χ1n) is 15.7. The van der Waals surface area contributed by atoms with Crippen molar-refractivity contribution in [3.8, 4) is 17.2 Å². The van der Waals surface area contributed by atoms with E-state index < -0.39 is 34.1 Å². The second-order valence-electron chi connectivity index (χ2n) is 12.5. The minimum absolute atomic E-state index is 0.0124. The molecule has 1 aliphatic rings. The smallest absolute Gasteiger partial charge is 0.264 e. The Balaban J connectivity index is 1.60. The van der Waals surface area contributed by atoms with Crippen molar-refractivity contribution in [3.63, 3.8) is 0 Å². The van der Waals surface area contributed by atoms with Crippen LogP contribution in [0.25, 0.3) is 0 Å². The van der Waals surface area contributed by atoms with E-state index in [2.05, 4.69) is 5.32 Å². The topological polar surface area (TPSA) is 114 Å². The molecule has 5 rings (SSSR count). The van der Waals surface area contributed by atoms with Gasteiger partial charge in [0, 0.05) is 24.6 Å². The Morgan fingerprint density at radius 3 is 2.15 bits per heavy atom. The molecule has 1 N–H and O–H groups in total. The summed E-state index contributed by atoms with van der Waals surface area (Å²) in [6.07, 6.45) is 0.202. The van der Waals surface area contributed by atoms with Gasteiger partial charge in [-0.15, -0.1) is 0 Å². The molecule has 0 aliphatic carbocycles. The molecule has 4 aromatic rings. The number of sulfonamides is 1. The minimum Gasteiger partial charge on any atom is -0.497 e. The largest absolute Gasteiger partial charge is 0.497 e. The predicted molar refractivity (Wildman–Crippen MR) is 184 cm³/mol. The monoisotopic (exact) mass is 671 g/mol. The Labute approximate surface area is 282 Å². The van der Waals surface area contributed by atoms with E-state index in [1.807, 2.05) is 57.2 Å². The number of methoxy groups -OCH3 is 1. The molecule has 252 valence electrons. The van der Waals surface area contributed by atoms with Crippen molar-refractivity contribution in [2.24, 2.45) is 0 Å². The maximum absolute atomic E-state index is 14.7. The number of carbonyl (C=O) groups excluding carboxylic acids is 2. The fourth-order valence-electron chi connectivity index (χ4n) is 5.41. The van der Waals surface area contributed by atoms with Crippen molar-refractivity contribution in [1.29, 1.82) is 0 Å². The molecule has 0 radical (unpaired) electrons. The Kier molecular flexibility index (Phi) is 10.6. The summed E-state index contributed by atoms with van der Waals surface area (Å²) in [5.74, 6) is 0.508. The molecule has 1 aliphatic heterocycles. The number of amides is 2. The molecular formula is C37H41N3O7S. The molecule has 1 heterocycles. The highest BCUT2D eigenvalue weighted by molar-refractivity contribution is 7.92. The summed E-state index contributed by atoms with van der Waals surface area (Å²) < 4.78 is 46.5. The molecule has 4 aromatic carbocycles. The van der Waals surface area contributed by atoms with Gasteiger partial charge in [0.15, 0.2) is 11.5 Å². The average molecular weight is 672 g/mol. The van der Waals surface area contributed by atoms with Gasteiger partial charge in [-0.2, -0.15) is 0 Å². The number of hydrogen-bond donors (Lipinski definition) is 1. The van der Waals surface area contributed by atoms with Gasteiger partial charge in [-0.1, -0.05) is 60.7 Å². The van der Waals surface area contributed by atoms with Crippen molar-refractivity contribution in [2.75, 3.05) is 31.2 Å². The van der Waals surface area contributed by atoms with Gasteiger partial charge in [0.2, 0.25) is 11.8 Å². The van der Waals surface area contributed by atoms with Gasteiger partial charge in [0.25, 0.3) is 10.0 Å². The zero-order valence-electron chi connectivity index (χ0n) is 27.6. The highest BCUT2D eigenvalue weighted by atomic mass is 32.2. The van der Waals surface area contributed by atoms with Gasteiger partial charge in [0.1, 0.15) is 31.5 Å². The van der Waals surface area contributed by atoms with Crippen molar-refractivity contribution in [2.45, 2.75) is 50.2 Å². The summed E-state index contributed by atoms with van der Waals surface area (Å²) in [6.45, 7) is 5.72. The Morgan fingerprint density at radius 2 is 1.48 bits per heavy atom. The van der Waals surface area contributed by atoms with Crippen LogP contribution in [0.15, 0.2) is 108 Å². The number of fused-ring (bicyclic) bond motifs is 1. The van der Waals surface area contributed by atoms with Crippen molar-refractivity contribution in [1.82, 2.24) is 10.2 Å². The van der Waals surface area contributed by atoms with Crippen LogP contribution in [0.4, 0.5) is 5.69 Å². The molecule has 0 saturated heterocycles. The Hall–Kier alpha value is -5.03. The van der Waals surface area contributed by atoms with Crippen LogP contribution >= 0.6 is 0 Å². The molecule has 48 heavy (non-hydrogen) atoms. The Bertz CT molecular complexity index is 1830. The molecule has 10 nitrogen and oxygen atoms in total. The number of carbonyl (C=O) groups is 2. The molecule has 0 saturated carbocycles. The predicted octanol–water partition coefficient (Wildman–Crippen LogP) is 5.22. The van der Waals surface area contributed by atoms with E-state index in [1.165, 1.54) is 17.0 Å². The lowest BCUT2D eigenvalue weighted by molar-refractivity contribution is -0.140. The number of benzene rings is 4. The molecule has 11 heteroatoms. The standard InChI is InChI=1S/C37H41N3O7S/c1-37(2,3)38-36(42)32(23-27-12-7-5-8-13-27)39(25-28-14-11-15-30(22-28)45-4)35(41)26-40(48(43,44)31-16-9-6-10-17-31)29-18-19-33-34(24-29)47-21-20-46-33/h5-19,22,24,32H,20-21,23,25-26H2,1-4H3,(H,38,42)/t32-/m1/s1. The van der Waals surface area contributed by atoms with Gasteiger partial charge in [-0.05, 0) is 68.3 Å². The van der Waals surface area contributed by atoms with E-state index in [0.717, 1.165) is 9.87 Å². The summed E-state index contributed by atoms with van der Waals surface area (Å²) in [5, 5.41) is 3.04. The minimum atomic E-state index is -4.26. The van der Waals surface area contributed by atoms with E-state index in [4.69, 9.17) is 14.2 Å². The lowest BCUT2D eigenvalue weighted by Gasteiger charge is -2.35. The zero-order valence-corrected chi connectivity index (χ0v) is 28.4. The fraction of sp³-hybridized carbons (Fsp3) is 0.297. The van der Waals surface area contributed by atoms with Crippen molar-refractivity contribution >= 4 is 27.5 Å². The van der Waals surface area contributed by atoms with E-state index >= 15 is 0 Å². The third-order valence-electron chi connectivity index (χ3n) is 7.68. The lowest BCUT2D eigenvalue weighted by atomic mass is 10.0. The molecule has 0 unspecified atom stereocenters. The number of anilines is 1. The van der Waals surface area contributed by atoms with E-state index in [9.17, 15) is 18.0 Å². The number of rotatable bonds is 12. The van der Waals surface area contributed by atoms with Gasteiger partial charge in [0.05, 0.1) is 17.7 Å². The lowest BCUT2D eigenvalue weighted by Crippen LogP contribution is -2.56. The number of nitrogens with zero attached hydrogens (tertiary/aromatic N) is 2. The SMILES string of the molecule is COc1cccc(CN(C(=O)CN(c2ccc3c(c2)OCCO3)S(=O)(=O)c2ccccc2)[C@H](Cc2ccccc2)C(=O)NC(C)(C)C)c1. The summed E-state index contributed by atoms with van der Waals surface area (Å²) in [5.41, 5.74) is 1.18. The van der Waals surface area contributed by atoms with E-state index in [-0.39, 0.29) is 29.5 Å². The third kappa shape index (κ3) is 8.46. The van der Waals surface area contributed by atoms with Crippen LogP contribution in [0.1, 0.15) is 31.9 Å². The van der Waals surface area contributed by atoms with E-state index in [1.54, 1.807) is 61.7 Å². The van der Waals surface area contributed by atoms with Crippen LogP contribution in [0.2, 0.25) is 0 Å². The second-order valence-corrected chi connectivity index (χ2v) is 14.3. The van der Waals surface area contributed by atoms with Gasteiger partial charge in [-0.3, -0.25) is 13.9 Å². The zero-order chi connectivity index (χ0) is 34.3. The van der Waals surface area contributed by atoms with Crippen LogP contribution in [0.5, 0.6) is 17.2 Å². The number of ether oxygens (including phenoxy) is 3. The number of nitrogens with one attached hydrogen (secondary N) is 1. The van der Waals surface area contributed by atoms with E-state index in [0.29, 0.717) is 36.0 Å². The summed E-state index contributed by atoms with van der Waals surface area (Å²) >= 11 is 0. The molecule has 0 aromatic heterocycles. The second kappa shape index (κ2) is 14.8. The Morgan fingerprint density at radius 1 is 0.833 bits per heavy atom. The third-order valence-corrected chi connectivity index (χ3v) is 9.47. The molecule has 0 spiro atoms. The maximum atomic E-state index is 14.7. The first kappa shape index (κ1) is 34.3. The molecular weight excluding hydrogens is 630 g/mol. The first-order valence-corrected chi connectivity index (χ1v) is 17.1. The quantitative estimate of drug-likeness (QED) is 0.220. The fourth-order valence-corrected chi connectivity index (χ4v) is 6.84. The number of hydrogen-bond acceptors (Lipinski definition) is 7. The van der Waals surface area contributed by atoms with Crippen LogP contribution in [-0.4, -0.2) is 63.6 Å². The van der Waals surface area contributed by atoms with Crippen LogP contribution in [0.3, 0.4) is 0 Å². The summed E-state index contributed by atoms with van der Waals surface area (Å²) in [7, 11) is -2.71. The molecule has 2 amide bonds. The van der Waals surface area contributed by atoms with Gasteiger partial charge in [-0.25, -0.2) is 8.42 Å². The highest BCUT2D eigenvalue weighted by Gasteiger charge is 2.36. The molecule has 0 fully saturated rings. The average Bonchev–Trinajstić information content (AvgIpc) is 3.08. The molecule has 0 bridgehead atoms. The van der Waals surface area contributed by atoms with Crippen molar-refractivity contribution < 1.29 is 32.2 Å². The van der Waals surface area contributed by atoms with Crippen LogP contribution < -0.4 is 23.8 Å².